The van der Waals surface area contributed by atoms with E-state index in [1.165, 1.54) is 0 Å². The molecule has 0 aromatic rings. The monoisotopic (exact) mass is 277 g/mol. The van der Waals surface area contributed by atoms with Gasteiger partial charge in [-0.1, -0.05) is 0 Å². The molecule has 0 aromatic heterocycles. The number of carbonyl (C=O) groups excluding carboxylic acids is 1. The van der Waals surface area contributed by atoms with Crippen LogP contribution in [0.1, 0.15) is 25.7 Å². The number of nitrogens with zero attached hydrogens (tertiary/aromatic N) is 1. The molecule has 0 aromatic carbocycles. The number of hydrogen-bond donors (Lipinski definition) is 2. The van der Waals surface area contributed by atoms with Crippen molar-refractivity contribution in [2.24, 2.45) is 5.73 Å². The minimum atomic E-state index is 0. The number of carbonyl (C=O) groups is 1. The fourth-order valence-electron chi connectivity index (χ4n) is 2.67. The van der Waals surface area contributed by atoms with E-state index in [1.807, 2.05) is 0 Å². The number of amides is 1. The van der Waals surface area contributed by atoms with Gasteiger partial charge >= 0.3 is 0 Å². The van der Waals surface area contributed by atoms with Crippen LogP contribution in [0, 0.1) is 0 Å². The van der Waals surface area contributed by atoms with E-state index in [2.05, 4.69) is 10.2 Å². The maximum atomic E-state index is 11.9. The fourth-order valence-corrected chi connectivity index (χ4v) is 2.67. The molecular formula is C12H24ClN3O2. The van der Waals surface area contributed by atoms with Crippen molar-refractivity contribution in [2.75, 3.05) is 32.8 Å². The van der Waals surface area contributed by atoms with Crippen molar-refractivity contribution in [3.8, 4) is 0 Å². The summed E-state index contributed by atoms with van der Waals surface area (Å²) in [6.07, 6.45) is 4.16. The Bertz CT molecular complexity index is 260. The molecule has 18 heavy (non-hydrogen) atoms. The van der Waals surface area contributed by atoms with Crippen LogP contribution in [0.5, 0.6) is 0 Å². The molecule has 0 saturated carbocycles. The second-order valence-corrected chi connectivity index (χ2v) is 4.96. The minimum absolute atomic E-state index is 0. The third kappa shape index (κ3) is 4.39. The highest BCUT2D eigenvalue weighted by Gasteiger charge is 2.25. The molecular weight excluding hydrogens is 254 g/mol. The summed E-state index contributed by atoms with van der Waals surface area (Å²) in [7, 11) is 0. The Balaban J connectivity index is 0.00000162. The topological polar surface area (TPSA) is 67.6 Å². The predicted octanol–water partition coefficient (Wildman–Crippen LogP) is 0.127. The van der Waals surface area contributed by atoms with Gasteiger partial charge in [-0.3, -0.25) is 9.69 Å². The van der Waals surface area contributed by atoms with Crippen LogP contribution in [0.3, 0.4) is 0 Å². The van der Waals surface area contributed by atoms with Gasteiger partial charge < -0.3 is 15.8 Å². The summed E-state index contributed by atoms with van der Waals surface area (Å²) >= 11 is 0. The van der Waals surface area contributed by atoms with E-state index in [0.29, 0.717) is 25.2 Å². The molecule has 0 aliphatic carbocycles. The zero-order chi connectivity index (χ0) is 12.1. The molecule has 0 radical (unpaired) electrons. The summed E-state index contributed by atoms with van der Waals surface area (Å²) in [5.41, 5.74) is 5.69. The molecule has 0 spiro atoms. The van der Waals surface area contributed by atoms with Gasteiger partial charge in [-0.2, -0.15) is 0 Å². The Morgan fingerprint density at radius 2 is 2.06 bits per heavy atom. The molecule has 2 saturated heterocycles. The van der Waals surface area contributed by atoms with Crippen molar-refractivity contribution in [1.82, 2.24) is 10.2 Å². The molecule has 2 aliphatic rings. The van der Waals surface area contributed by atoms with Gasteiger partial charge in [-0.05, 0) is 32.2 Å². The molecule has 3 N–H and O–H groups in total. The summed E-state index contributed by atoms with van der Waals surface area (Å²) in [6.45, 7) is 3.69. The van der Waals surface area contributed by atoms with Crippen LogP contribution in [0.25, 0.3) is 0 Å². The van der Waals surface area contributed by atoms with Gasteiger partial charge in [0.1, 0.15) is 0 Å². The van der Waals surface area contributed by atoms with Gasteiger partial charge in [0.15, 0.2) is 0 Å². The quantitative estimate of drug-likeness (QED) is 0.766. The van der Waals surface area contributed by atoms with Gasteiger partial charge in [0.2, 0.25) is 5.91 Å². The summed E-state index contributed by atoms with van der Waals surface area (Å²) in [4.78, 5) is 14.1. The third-order valence-electron chi connectivity index (χ3n) is 3.70. The van der Waals surface area contributed by atoms with Gasteiger partial charge in [0.05, 0.1) is 6.54 Å². The number of halogens is 1. The van der Waals surface area contributed by atoms with Crippen molar-refractivity contribution in [1.29, 1.82) is 0 Å². The third-order valence-corrected chi connectivity index (χ3v) is 3.70. The lowest BCUT2D eigenvalue weighted by molar-refractivity contribution is -0.123. The largest absolute Gasteiger partial charge is 0.381 e. The zero-order valence-electron chi connectivity index (χ0n) is 10.8. The molecule has 2 heterocycles. The highest BCUT2D eigenvalue weighted by Crippen LogP contribution is 2.15. The first-order valence-electron chi connectivity index (χ1n) is 6.61. The van der Waals surface area contributed by atoms with Gasteiger partial charge in [0.25, 0.3) is 0 Å². The van der Waals surface area contributed by atoms with E-state index in [0.717, 1.165) is 45.4 Å². The smallest absolute Gasteiger partial charge is 0.234 e. The Morgan fingerprint density at radius 3 is 2.72 bits per heavy atom. The molecule has 106 valence electrons. The molecule has 1 atom stereocenters. The molecule has 5 nitrogen and oxygen atoms in total. The van der Waals surface area contributed by atoms with Gasteiger partial charge in [-0.15, -0.1) is 12.4 Å². The second-order valence-electron chi connectivity index (χ2n) is 4.96. The van der Waals surface area contributed by atoms with E-state index < -0.39 is 0 Å². The second kappa shape index (κ2) is 7.94. The van der Waals surface area contributed by atoms with E-state index in [-0.39, 0.29) is 18.3 Å². The molecule has 2 fully saturated rings. The van der Waals surface area contributed by atoms with Crippen LogP contribution >= 0.6 is 12.4 Å². The van der Waals surface area contributed by atoms with Crippen LogP contribution in [0.15, 0.2) is 0 Å². The lowest BCUT2D eigenvalue weighted by Crippen LogP contribution is -2.46. The van der Waals surface area contributed by atoms with E-state index >= 15 is 0 Å². The SMILES string of the molecule is Cl.NCC1CCCN1CC(=O)NC1CCOCC1. The first-order chi connectivity index (χ1) is 8.29. The Kier molecular flexibility index (Phi) is 6.92. The molecule has 2 rings (SSSR count). The van der Waals surface area contributed by atoms with Crippen molar-refractivity contribution < 1.29 is 9.53 Å². The van der Waals surface area contributed by atoms with E-state index in [1.54, 1.807) is 0 Å². The average molecular weight is 278 g/mol. The Hall–Kier alpha value is -0.360. The first kappa shape index (κ1) is 15.7. The van der Waals surface area contributed by atoms with Gasteiger partial charge in [-0.25, -0.2) is 0 Å². The summed E-state index contributed by atoms with van der Waals surface area (Å²) in [5.74, 6) is 0.136. The van der Waals surface area contributed by atoms with Crippen molar-refractivity contribution in [3.05, 3.63) is 0 Å². The molecule has 2 aliphatic heterocycles. The fraction of sp³-hybridized carbons (Fsp3) is 0.917. The first-order valence-corrected chi connectivity index (χ1v) is 6.61. The van der Waals surface area contributed by atoms with Crippen LogP contribution < -0.4 is 11.1 Å². The van der Waals surface area contributed by atoms with Crippen molar-refractivity contribution in [2.45, 2.75) is 37.8 Å². The Labute approximate surface area is 115 Å². The maximum absolute atomic E-state index is 11.9. The number of likely N-dealkylation sites (tertiary alicyclic amines) is 1. The molecule has 6 heteroatoms. The maximum Gasteiger partial charge on any atom is 0.234 e. The lowest BCUT2D eigenvalue weighted by atomic mass is 10.1. The standard InChI is InChI=1S/C12H23N3O2.ClH/c13-8-11-2-1-5-15(11)9-12(16)14-10-3-6-17-7-4-10;/h10-11H,1-9,13H2,(H,14,16);1H. The molecule has 0 bridgehead atoms. The van der Waals surface area contributed by atoms with E-state index in [9.17, 15) is 4.79 Å². The number of nitrogens with one attached hydrogen (secondary N) is 1. The highest BCUT2D eigenvalue weighted by atomic mass is 35.5. The van der Waals surface area contributed by atoms with Crippen LogP contribution in [0.2, 0.25) is 0 Å². The normalized spacial score (nSPS) is 25.7. The number of hydrogen-bond acceptors (Lipinski definition) is 4. The average Bonchev–Trinajstić information content (AvgIpc) is 2.77. The molecule has 1 unspecified atom stereocenters. The summed E-state index contributed by atoms with van der Waals surface area (Å²) in [5, 5.41) is 3.09. The zero-order valence-corrected chi connectivity index (χ0v) is 11.6. The number of rotatable bonds is 4. The summed E-state index contributed by atoms with van der Waals surface area (Å²) < 4.78 is 5.27. The minimum Gasteiger partial charge on any atom is -0.381 e. The van der Waals surface area contributed by atoms with Crippen molar-refractivity contribution in [3.63, 3.8) is 0 Å². The van der Waals surface area contributed by atoms with E-state index in [4.69, 9.17) is 10.5 Å². The van der Waals surface area contributed by atoms with Crippen molar-refractivity contribution >= 4 is 18.3 Å². The Morgan fingerprint density at radius 1 is 1.33 bits per heavy atom. The highest BCUT2D eigenvalue weighted by molar-refractivity contribution is 5.85. The van der Waals surface area contributed by atoms with Crippen LogP contribution in [0.4, 0.5) is 0 Å². The number of nitrogens with two attached hydrogens (primary N) is 1. The number of ether oxygens (including phenoxy) is 1. The van der Waals surface area contributed by atoms with Crippen LogP contribution in [-0.4, -0.2) is 55.7 Å². The predicted molar refractivity (Wildman–Crippen MR) is 72.9 cm³/mol. The lowest BCUT2D eigenvalue weighted by Gasteiger charge is -2.26. The van der Waals surface area contributed by atoms with Gasteiger partial charge in [0, 0.05) is 31.8 Å². The molecule has 1 amide bonds. The van der Waals surface area contributed by atoms with Crippen LogP contribution in [-0.2, 0) is 9.53 Å². The summed E-state index contributed by atoms with van der Waals surface area (Å²) in [6, 6.07) is 0.700.